The molecular formula is C23H26ClN5O3. The summed E-state index contributed by atoms with van der Waals surface area (Å²) in [5.41, 5.74) is 9.03. The zero-order chi connectivity index (χ0) is 23.1. The van der Waals surface area contributed by atoms with Gasteiger partial charge in [-0.15, -0.1) is 0 Å². The maximum atomic E-state index is 9.44. The number of hydrogen-bond acceptors (Lipinski definition) is 8. The lowest BCUT2D eigenvalue weighted by Gasteiger charge is -2.25. The zero-order valence-corrected chi connectivity index (χ0v) is 19.0. The quantitative estimate of drug-likeness (QED) is 0.472. The highest BCUT2D eigenvalue weighted by atomic mass is 35.5. The molecule has 0 unspecified atom stereocenters. The third-order valence-corrected chi connectivity index (χ3v) is 5.24. The first-order valence-electron chi connectivity index (χ1n) is 9.97. The number of halogens is 1. The van der Waals surface area contributed by atoms with Gasteiger partial charge >= 0.3 is 0 Å². The van der Waals surface area contributed by atoms with Gasteiger partial charge in [-0.05, 0) is 18.6 Å². The molecule has 2 heterocycles. The molecule has 0 bridgehead atoms. The summed E-state index contributed by atoms with van der Waals surface area (Å²) in [4.78, 5) is 15.3. The number of aromatic nitrogens is 2. The van der Waals surface area contributed by atoms with Crippen molar-refractivity contribution in [3.8, 4) is 11.5 Å². The molecule has 0 spiro atoms. The number of fused-ring (bicyclic) bond motifs is 1. The number of aliphatic hydroxyl groups is 1. The molecule has 0 saturated carbocycles. The van der Waals surface area contributed by atoms with E-state index in [1.165, 1.54) is 6.20 Å². The molecule has 168 valence electrons. The van der Waals surface area contributed by atoms with Crippen molar-refractivity contribution in [1.29, 1.82) is 0 Å². The number of aliphatic hydroxyl groups excluding tert-OH is 1. The van der Waals surface area contributed by atoms with Crippen LogP contribution >= 0.6 is 11.6 Å². The second kappa shape index (κ2) is 10.8. The van der Waals surface area contributed by atoms with Gasteiger partial charge in [-0.25, -0.2) is 4.98 Å². The molecule has 0 radical (unpaired) electrons. The van der Waals surface area contributed by atoms with Gasteiger partial charge in [0.1, 0.15) is 22.8 Å². The molecule has 0 aliphatic carbocycles. The molecule has 0 saturated heterocycles. The number of pyridine rings is 2. The summed E-state index contributed by atoms with van der Waals surface area (Å²) < 4.78 is 10.8. The molecule has 0 aliphatic heterocycles. The fraction of sp³-hybridized carbons (Fsp3) is 0.261. The van der Waals surface area contributed by atoms with E-state index in [0.717, 1.165) is 5.69 Å². The van der Waals surface area contributed by atoms with E-state index >= 15 is 0 Å². The Kier molecular flexibility index (Phi) is 7.86. The highest BCUT2D eigenvalue weighted by Crippen LogP contribution is 2.35. The highest BCUT2D eigenvalue weighted by Gasteiger charge is 2.17. The van der Waals surface area contributed by atoms with Crippen LogP contribution in [0.15, 0.2) is 47.7 Å². The van der Waals surface area contributed by atoms with Crippen LogP contribution in [0.1, 0.15) is 12.0 Å². The van der Waals surface area contributed by atoms with Gasteiger partial charge in [-0.3, -0.25) is 9.98 Å². The molecule has 3 aromatic rings. The molecule has 8 nitrogen and oxygen atoms in total. The minimum Gasteiger partial charge on any atom is -0.497 e. The van der Waals surface area contributed by atoms with Gasteiger partial charge < -0.3 is 25.2 Å². The summed E-state index contributed by atoms with van der Waals surface area (Å²) in [6.45, 7) is 0.561. The maximum absolute atomic E-state index is 9.44. The minimum absolute atomic E-state index is 0.0403. The van der Waals surface area contributed by atoms with E-state index in [0.29, 0.717) is 57.5 Å². The fourth-order valence-electron chi connectivity index (χ4n) is 3.27. The van der Waals surface area contributed by atoms with Gasteiger partial charge in [-0.2, -0.15) is 0 Å². The Morgan fingerprint density at radius 2 is 1.94 bits per heavy atom. The molecule has 32 heavy (non-hydrogen) atoms. The summed E-state index contributed by atoms with van der Waals surface area (Å²) in [5.74, 6) is 1.94. The van der Waals surface area contributed by atoms with Crippen molar-refractivity contribution in [3.63, 3.8) is 0 Å². The first-order chi connectivity index (χ1) is 15.6. The third-order valence-electron chi connectivity index (χ3n) is 4.86. The Labute approximate surface area is 192 Å². The summed E-state index contributed by atoms with van der Waals surface area (Å²) in [6, 6.07) is 9.28. The van der Waals surface area contributed by atoms with Gasteiger partial charge in [0.05, 0.1) is 24.8 Å². The monoisotopic (exact) mass is 455 g/mol. The second-order valence-corrected chi connectivity index (χ2v) is 7.21. The summed E-state index contributed by atoms with van der Waals surface area (Å²) in [7, 11) is 4.85. The van der Waals surface area contributed by atoms with E-state index in [1.54, 1.807) is 39.7 Å². The van der Waals surface area contributed by atoms with Crippen LogP contribution in [0.2, 0.25) is 5.02 Å². The molecule has 3 N–H and O–H groups in total. The standard InChI is InChI=1S/C23H26ClN5O3/c1-26-13-15(12-25)19-14-27-20-5-6-21(28-23(20)22(19)24)29(7-4-8-30)16-9-17(31-2)11-18(10-16)32-3/h5-6,9-14,30H,4,7-8,25H2,1-3H3. The predicted octanol–water partition coefficient (Wildman–Crippen LogP) is 3.82. The Morgan fingerprint density at radius 1 is 1.22 bits per heavy atom. The highest BCUT2D eigenvalue weighted by molar-refractivity contribution is 6.37. The van der Waals surface area contributed by atoms with E-state index in [-0.39, 0.29) is 6.61 Å². The average molecular weight is 456 g/mol. The van der Waals surface area contributed by atoms with Crippen molar-refractivity contribution >= 4 is 45.9 Å². The number of hydrogen-bond donors (Lipinski definition) is 2. The Balaban J connectivity index is 2.16. The number of ether oxygens (including phenoxy) is 2. The van der Waals surface area contributed by atoms with E-state index < -0.39 is 0 Å². The Hall–Kier alpha value is -3.36. The Morgan fingerprint density at radius 3 is 2.53 bits per heavy atom. The van der Waals surface area contributed by atoms with E-state index in [9.17, 15) is 5.11 Å². The average Bonchev–Trinajstić information content (AvgIpc) is 2.83. The van der Waals surface area contributed by atoms with Crippen molar-refractivity contribution in [2.75, 3.05) is 39.3 Å². The third kappa shape index (κ3) is 4.92. The molecule has 0 atom stereocenters. The molecule has 3 rings (SSSR count). The minimum atomic E-state index is 0.0403. The van der Waals surface area contributed by atoms with Crippen molar-refractivity contribution in [2.24, 2.45) is 10.7 Å². The lowest BCUT2D eigenvalue weighted by Crippen LogP contribution is -2.20. The van der Waals surface area contributed by atoms with Crippen LogP contribution in [0.4, 0.5) is 11.5 Å². The van der Waals surface area contributed by atoms with Gasteiger partial charge in [0.2, 0.25) is 0 Å². The van der Waals surface area contributed by atoms with Crippen LogP contribution < -0.4 is 20.1 Å². The normalized spacial score (nSPS) is 11.8. The second-order valence-electron chi connectivity index (χ2n) is 6.83. The number of aliphatic imine (C=N–C) groups is 1. The number of rotatable bonds is 9. The van der Waals surface area contributed by atoms with E-state index in [2.05, 4.69) is 9.98 Å². The lowest BCUT2D eigenvalue weighted by molar-refractivity contribution is 0.290. The van der Waals surface area contributed by atoms with Gasteiger partial charge in [0, 0.05) is 73.8 Å². The first kappa shape index (κ1) is 23.3. The van der Waals surface area contributed by atoms with Crippen LogP contribution in [-0.2, 0) is 0 Å². The van der Waals surface area contributed by atoms with Crippen molar-refractivity contribution in [3.05, 3.63) is 53.3 Å². The molecule has 0 fully saturated rings. The number of allylic oxidation sites excluding steroid dienone is 1. The van der Waals surface area contributed by atoms with E-state index in [1.807, 2.05) is 29.2 Å². The summed E-state index contributed by atoms with van der Waals surface area (Å²) in [5, 5.41) is 9.87. The predicted molar refractivity (Wildman–Crippen MR) is 129 cm³/mol. The van der Waals surface area contributed by atoms with Crippen LogP contribution in [0.25, 0.3) is 16.6 Å². The van der Waals surface area contributed by atoms with Gasteiger partial charge in [0.25, 0.3) is 0 Å². The molecular weight excluding hydrogens is 430 g/mol. The smallest absolute Gasteiger partial charge is 0.133 e. The van der Waals surface area contributed by atoms with Crippen LogP contribution in [0.5, 0.6) is 11.5 Å². The molecule has 9 heteroatoms. The van der Waals surface area contributed by atoms with Crippen LogP contribution in [0.3, 0.4) is 0 Å². The molecule has 0 aliphatic rings. The fourth-order valence-corrected chi connectivity index (χ4v) is 3.57. The maximum Gasteiger partial charge on any atom is 0.133 e. The van der Waals surface area contributed by atoms with Gasteiger partial charge in [0.15, 0.2) is 0 Å². The number of benzene rings is 1. The molecule has 2 aromatic heterocycles. The topological polar surface area (TPSA) is 106 Å². The number of nitrogens with zero attached hydrogens (tertiary/aromatic N) is 4. The number of methoxy groups -OCH3 is 2. The van der Waals surface area contributed by atoms with Crippen molar-refractivity contribution in [1.82, 2.24) is 9.97 Å². The largest absolute Gasteiger partial charge is 0.497 e. The van der Waals surface area contributed by atoms with Crippen LogP contribution in [-0.4, -0.2) is 55.7 Å². The first-order valence-corrected chi connectivity index (χ1v) is 10.3. The summed E-state index contributed by atoms with van der Waals surface area (Å²) >= 11 is 6.71. The molecule has 1 aromatic carbocycles. The van der Waals surface area contributed by atoms with E-state index in [4.69, 9.17) is 31.8 Å². The number of anilines is 2. The van der Waals surface area contributed by atoms with Crippen molar-refractivity contribution in [2.45, 2.75) is 6.42 Å². The lowest BCUT2D eigenvalue weighted by atomic mass is 10.1. The van der Waals surface area contributed by atoms with Crippen LogP contribution in [0, 0.1) is 0 Å². The molecule has 0 amide bonds. The van der Waals surface area contributed by atoms with Crippen molar-refractivity contribution < 1.29 is 14.6 Å². The summed E-state index contributed by atoms with van der Waals surface area (Å²) in [6.07, 6.45) is 5.25. The Bertz CT molecular complexity index is 1130. The SMILES string of the molecule is CN=CC(=CN)c1cnc2ccc(N(CCCO)c3cc(OC)cc(OC)c3)nc2c1Cl. The van der Waals surface area contributed by atoms with Gasteiger partial charge in [-0.1, -0.05) is 11.6 Å². The number of nitrogens with two attached hydrogens (primary N) is 1. The zero-order valence-electron chi connectivity index (χ0n) is 18.2.